The van der Waals surface area contributed by atoms with Gasteiger partial charge in [0, 0.05) is 4.88 Å². The first-order valence-corrected chi connectivity index (χ1v) is 10.1. The van der Waals surface area contributed by atoms with E-state index in [1.807, 2.05) is 20.8 Å². The summed E-state index contributed by atoms with van der Waals surface area (Å²) in [5.74, 6) is -1.58. The number of nitrogens with one attached hydrogen (secondary N) is 2. The van der Waals surface area contributed by atoms with Crippen LogP contribution in [0.4, 0.5) is 5.13 Å². The molecule has 0 bridgehead atoms. The van der Waals surface area contributed by atoms with Gasteiger partial charge in [0.15, 0.2) is 10.8 Å². The van der Waals surface area contributed by atoms with Crippen molar-refractivity contribution in [1.82, 2.24) is 10.3 Å². The summed E-state index contributed by atoms with van der Waals surface area (Å²) in [6, 6.07) is -0.817. The molecule has 1 rings (SSSR count). The van der Waals surface area contributed by atoms with Crippen LogP contribution in [0.3, 0.4) is 0 Å². The van der Waals surface area contributed by atoms with Crippen LogP contribution in [0, 0.1) is 5.41 Å². The van der Waals surface area contributed by atoms with Gasteiger partial charge in [-0.25, -0.2) is 9.78 Å². The number of aliphatic hydroxyl groups is 1. The van der Waals surface area contributed by atoms with Crippen molar-refractivity contribution in [2.75, 3.05) is 12.4 Å². The molecule has 1 aromatic rings. The Morgan fingerprint density at radius 2 is 1.82 bits per heavy atom. The summed E-state index contributed by atoms with van der Waals surface area (Å²) < 4.78 is 4.75. The van der Waals surface area contributed by atoms with Crippen molar-refractivity contribution in [2.24, 2.45) is 5.41 Å². The molecule has 158 valence electrons. The minimum absolute atomic E-state index is 0.0327. The van der Waals surface area contributed by atoms with Gasteiger partial charge in [-0.1, -0.05) is 48.0 Å². The van der Waals surface area contributed by atoms with E-state index in [1.54, 1.807) is 20.8 Å². The van der Waals surface area contributed by atoms with Gasteiger partial charge in [0.1, 0.15) is 12.1 Å². The molecule has 0 radical (unpaired) electrons. The maximum Gasteiger partial charge on any atom is 0.357 e. The third-order valence-corrected chi connectivity index (χ3v) is 5.34. The third kappa shape index (κ3) is 6.27. The molecule has 0 aliphatic rings. The Hall–Kier alpha value is -2.00. The van der Waals surface area contributed by atoms with Crippen LogP contribution in [0.5, 0.6) is 0 Å². The molecule has 0 aliphatic carbocycles. The van der Waals surface area contributed by atoms with Crippen LogP contribution in [0.1, 0.15) is 75.7 Å². The highest BCUT2D eigenvalue weighted by atomic mass is 32.1. The lowest BCUT2D eigenvalue weighted by Crippen LogP contribution is -2.50. The van der Waals surface area contributed by atoms with Crippen molar-refractivity contribution in [3.05, 3.63) is 10.6 Å². The molecule has 1 heterocycles. The fraction of sp³-hybridized carbons (Fsp3) is 0.684. The Kier molecular flexibility index (Phi) is 8.56. The molecule has 0 aromatic carbocycles. The van der Waals surface area contributed by atoms with Crippen molar-refractivity contribution in [2.45, 2.75) is 72.4 Å². The predicted octanol–water partition coefficient (Wildman–Crippen LogP) is 2.68. The van der Waals surface area contributed by atoms with Gasteiger partial charge in [0.25, 0.3) is 0 Å². The number of rotatable bonds is 8. The van der Waals surface area contributed by atoms with Crippen molar-refractivity contribution in [3.8, 4) is 0 Å². The number of anilines is 1. The average molecular weight is 414 g/mol. The molecule has 0 unspecified atom stereocenters. The highest BCUT2D eigenvalue weighted by molar-refractivity contribution is 7.16. The summed E-state index contributed by atoms with van der Waals surface area (Å²) >= 11 is 1.20. The van der Waals surface area contributed by atoms with Gasteiger partial charge in [-0.3, -0.25) is 9.59 Å². The maximum atomic E-state index is 12.7. The SMILES string of the molecule is CCC[C@H](NC(=O)[C@@H](O)C(C)(C)C)C(=O)Nc1nc(C(=O)OC)c(C(C)C)s1. The standard InChI is InChI=1S/C19H31N3O5S/c1-8-9-11(20-16(25)14(23)19(4,5)6)15(24)22-18-21-12(17(26)27-7)13(28-18)10(2)3/h10-11,14,23H,8-9H2,1-7H3,(H,20,25)(H,21,22,24)/t11-,14+/m0/s1. The van der Waals surface area contributed by atoms with Crippen molar-refractivity contribution >= 4 is 34.3 Å². The second kappa shape index (κ2) is 9.97. The van der Waals surface area contributed by atoms with Crippen LogP contribution in [-0.2, 0) is 14.3 Å². The number of amides is 2. The van der Waals surface area contributed by atoms with Crippen molar-refractivity contribution < 1.29 is 24.2 Å². The summed E-state index contributed by atoms with van der Waals surface area (Å²) in [5, 5.41) is 15.7. The number of carbonyl (C=O) groups is 3. The van der Waals surface area contributed by atoms with Gasteiger partial charge < -0.3 is 20.5 Å². The molecular formula is C19H31N3O5S. The first-order chi connectivity index (χ1) is 12.9. The second-order valence-corrected chi connectivity index (χ2v) is 9.02. The topological polar surface area (TPSA) is 118 Å². The van der Waals surface area contributed by atoms with Crippen LogP contribution < -0.4 is 10.6 Å². The van der Waals surface area contributed by atoms with Gasteiger partial charge in [0.2, 0.25) is 11.8 Å². The van der Waals surface area contributed by atoms with Crippen LogP contribution >= 0.6 is 11.3 Å². The number of hydrogen-bond donors (Lipinski definition) is 3. The van der Waals surface area contributed by atoms with Crippen molar-refractivity contribution in [1.29, 1.82) is 0 Å². The minimum atomic E-state index is -1.24. The highest BCUT2D eigenvalue weighted by Gasteiger charge is 2.32. The monoisotopic (exact) mass is 413 g/mol. The van der Waals surface area contributed by atoms with E-state index in [4.69, 9.17) is 4.74 Å². The van der Waals surface area contributed by atoms with Gasteiger partial charge in [-0.2, -0.15) is 0 Å². The summed E-state index contributed by atoms with van der Waals surface area (Å²) in [4.78, 5) is 41.8. The fourth-order valence-electron chi connectivity index (χ4n) is 2.41. The van der Waals surface area contributed by atoms with Crippen LogP contribution in [0.2, 0.25) is 0 Å². The molecule has 28 heavy (non-hydrogen) atoms. The van der Waals surface area contributed by atoms with Crippen molar-refractivity contribution in [3.63, 3.8) is 0 Å². The number of hydrogen-bond acceptors (Lipinski definition) is 7. The molecule has 0 spiro atoms. The molecule has 0 fully saturated rings. The predicted molar refractivity (Wildman–Crippen MR) is 108 cm³/mol. The molecule has 8 nitrogen and oxygen atoms in total. The summed E-state index contributed by atoms with van der Waals surface area (Å²) in [6.45, 7) is 10.9. The Morgan fingerprint density at radius 1 is 1.21 bits per heavy atom. The fourth-order valence-corrected chi connectivity index (χ4v) is 3.37. The minimum Gasteiger partial charge on any atom is -0.464 e. The van der Waals surface area contributed by atoms with E-state index >= 15 is 0 Å². The van der Waals surface area contributed by atoms with E-state index in [9.17, 15) is 19.5 Å². The molecule has 0 aliphatic heterocycles. The third-order valence-electron chi connectivity index (χ3n) is 4.07. The van der Waals surface area contributed by atoms with E-state index in [1.165, 1.54) is 18.4 Å². The van der Waals surface area contributed by atoms with Gasteiger partial charge in [-0.15, -0.1) is 11.3 Å². The molecule has 2 atom stereocenters. The lowest BCUT2D eigenvalue weighted by molar-refractivity contribution is -0.137. The molecular weight excluding hydrogens is 382 g/mol. The largest absolute Gasteiger partial charge is 0.464 e. The van der Waals surface area contributed by atoms with Gasteiger partial charge >= 0.3 is 5.97 Å². The number of aliphatic hydroxyl groups excluding tert-OH is 1. The number of methoxy groups -OCH3 is 1. The number of aromatic nitrogens is 1. The number of carbonyl (C=O) groups excluding carboxylic acids is 3. The summed E-state index contributed by atoms with van der Waals surface area (Å²) in [6.07, 6.45) is -0.175. The lowest BCUT2D eigenvalue weighted by atomic mass is 9.88. The average Bonchev–Trinajstić information content (AvgIpc) is 3.03. The zero-order valence-electron chi connectivity index (χ0n) is 17.6. The molecule has 2 amide bonds. The second-order valence-electron chi connectivity index (χ2n) is 7.99. The zero-order chi connectivity index (χ0) is 21.6. The number of nitrogens with zero attached hydrogens (tertiary/aromatic N) is 1. The number of ether oxygens (including phenoxy) is 1. The van der Waals surface area contributed by atoms with Gasteiger partial charge in [0.05, 0.1) is 7.11 Å². The van der Waals surface area contributed by atoms with Crippen LogP contribution in [0.15, 0.2) is 0 Å². The number of thiazole rings is 1. The normalized spacial score (nSPS) is 13.8. The van der Waals surface area contributed by atoms with Crippen LogP contribution in [-0.4, -0.2) is 47.1 Å². The van der Waals surface area contributed by atoms with E-state index in [0.29, 0.717) is 17.7 Å². The molecule has 1 aromatic heterocycles. The van der Waals surface area contributed by atoms with E-state index in [-0.39, 0.29) is 16.7 Å². The number of esters is 1. The summed E-state index contributed by atoms with van der Waals surface area (Å²) in [7, 11) is 1.28. The molecule has 0 saturated heterocycles. The lowest BCUT2D eigenvalue weighted by Gasteiger charge is -2.26. The quantitative estimate of drug-likeness (QED) is 0.564. The van der Waals surface area contributed by atoms with Crippen LogP contribution in [0.25, 0.3) is 0 Å². The Balaban J connectivity index is 2.98. The smallest absolute Gasteiger partial charge is 0.357 e. The summed E-state index contributed by atoms with van der Waals surface area (Å²) in [5.41, 5.74) is -0.467. The molecule has 3 N–H and O–H groups in total. The first-order valence-electron chi connectivity index (χ1n) is 9.30. The Labute approximate surface area is 170 Å². The maximum absolute atomic E-state index is 12.7. The van der Waals surface area contributed by atoms with E-state index < -0.39 is 35.3 Å². The Bertz CT molecular complexity index is 709. The van der Waals surface area contributed by atoms with Gasteiger partial charge in [-0.05, 0) is 17.8 Å². The van der Waals surface area contributed by atoms with E-state index in [0.717, 1.165) is 0 Å². The highest BCUT2D eigenvalue weighted by Crippen LogP contribution is 2.30. The first kappa shape index (κ1) is 24.0. The molecule has 0 saturated carbocycles. The Morgan fingerprint density at radius 3 is 2.29 bits per heavy atom. The molecule has 9 heteroatoms. The van der Waals surface area contributed by atoms with E-state index in [2.05, 4.69) is 15.6 Å². The zero-order valence-corrected chi connectivity index (χ0v) is 18.4.